The van der Waals surface area contributed by atoms with Crippen LogP contribution in [0.5, 0.6) is 0 Å². The summed E-state index contributed by atoms with van der Waals surface area (Å²) in [5.41, 5.74) is 6.25. The van der Waals surface area contributed by atoms with Crippen LogP contribution in [0.4, 0.5) is 5.69 Å². The molecule has 20 heavy (non-hydrogen) atoms. The highest BCUT2D eigenvalue weighted by Gasteiger charge is 2.18. The monoisotopic (exact) mass is 314 g/mol. The third kappa shape index (κ3) is 3.89. The van der Waals surface area contributed by atoms with Crippen molar-refractivity contribution in [3.05, 3.63) is 23.8 Å². The molecule has 0 radical (unpaired) electrons. The number of sulfone groups is 1. The van der Waals surface area contributed by atoms with Crippen molar-refractivity contribution in [2.24, 2.45) is 0 Å². The molecule has 1 aromatic rings. The number of hydrogen-bond acceptors (Lipinski definition) is 5. The van der Waals surface area contributed by atoms with Crippen molar-refractivity contribution in [2.45, 2.75) is 23.8 Å². The van der Waals surface area contributed by atoms with Crippen LogP contribution in [-0.2, 0) is 9.84 Å². The Morgan fingerprint density at radius 2 is 1.95 bits per heavy atom. The molecule has 1 heterocycles. The van der Waals surface area contributed by atoms with Crippen LogP contribution in [0.15, 0.2) is 23.1 Å². The lowest BCUT2D eigenvalue weighted by atomic mass is 10.1. The molecule has 3 N–H and O–H groups in total. The number of rotatable bonds is 3. The summed E-state index contributed by atoms with van der Waals surface area (Å²) in [4.78, 5) is 12.2. The maximum Gasteiger partial charge on any atom is 0.251 e. The molecule has 1 aromatic carbocycles. The van der Waals surface area contributed by atoms with E-state index in [2.05, 4.69) is 5.32 Å². The van der Waals surface area contributed by atoms with E-state index in [1.165, 1.54) is 18.2 Å². The van der Waals surface area contributed by atoms with Crippen molar-refractivity contribution in [3.63, 3.8) is 0 Å². The van der Waals surface area contributed by atoms with E-state index in [4.69, 9.17) is 5.73 Å². The Balaban J connectivity index is 2.19. The Labute approximate surface area is 123 Å². The fourth-order valence-corrected chi connectivity index (χ4v) is 3.88. The minimum atomic E-state index is -3.38. The summed E-state index contributed by atoms with van der Waals surface area (Å²) in [6.07, 6.45) is 2.98. The van der Waals surface area contributed by atoms with Crippen LogP contribution < -0.4 is 11.1 Å². The summed E-state index contributed by atoms with van der Waals surface area (Å²) >= 11 is 1.88. The number of nitrogen functional groups attached to an aromatic ring is 1. The molecule has 0 spiro atoms. The van der Waals surface area contributed by atoms with E-state index in [0.29, 0.717) is 5.56 Å². The van der Waals surface area contributed by atoms with Gasteiger partial charge in [0.1, 0.15) is 0 Å². The van der Waals surface area contributed by atoms with Gasteiger partial charge in [-0.2, -0.15) is 11.8 Å². The second kappa shape index (κ2) is 6.05. The first-order chi connectivity index (χ1) is 9.36. The Morgan fingerprint density at radius 1 is 1.30 bits per heavy atom. The molecule has 2 rings (SSSR count). The lowest BCUT2D eigenvalue weighted by molar-refractivity contribution is 0.0934. The predicted octanol–water partition coefficient (Wildman–Crippen LogP) is 1.30. The molecule has 0 aliphatic carbocycles. The van der Waals surface area contributed by atoms with Crippen LogP contribution >= 0.6 is 11.8 Å². The van der Waals surface area contributed by atoms with Crippen molar-refractivity contribution >= 4 is 33.2 Å². The Bertz CT molecular complexity index is 608. The van der Waals surface area contributed by atoms with Gasteiger partial charge in [-0.25, -0.2) is 8.42 Å². The molecule has 1 aliphatic heterocycles. The van der Waals surface area contributed by atoms with Gasteiger partial charge in [0.25, 0.3) is 5.91 Å². The van der Waals surface area contributed by atoms with Crippen molar-refractivity contribution in [1.29, 1.82) is 0 Å². The molecule has 7 heteroatoms. The van der Waals surface area contributed by atoms with Crippen molar-refractivity contribution < 1.29 is 13.2 Å². The van der Waals surface area contributed by atoms with Crippen LogP contribution in [0, 0.1) is 0 Å². The molecule has 1 amide bonds. The Morgan fingerprint density at radius 3 is 2.55 bits per heavy atom. The van der Waals surface area contributed by atoms with E-state index in [9.17, 15) is 13.2 Å². The highest BCUT2D eigenvalue weighted by Crippen LogP contribution is 2.19. The number of nitrogens with two attached hydrogens (primary N) is 1. The molecule has 1 fully saturated rings. The lowest BCUT2D eigenvalue weighted by Gasteiger charge is -2.22. The van der Waals surface area contributed by atoms with Crippen LogP contribution in [-0.4, -0.2) is 38.1 Å². The standard InChI is InChI=1S/C13H18N2O3S2/c1-20(17,18)12-7-9(6-10(14)8-12)13(16)15-11-2-4-19-5-3-11/h6-8,11H,2-5,14H2,1H3,(H,15,16). The highest BCUT2D eigenvalue weighted by atomic mass is 32.2. The summed E-state index contributed by atoms with van der Waals surface area (Å²) in [7, 11) is -3.38. The fraction of sp³-hybridized carbons (Fsp3) is 0.462. The van der Waals surface area contributed by atoms with Crippen LogP contribution in [0.2, 0.25) is 0 Å². The molecule has 1 aliphatic rings. The molecule has 1 saturated heterocycles. The molecular formula is C13H18N2O3S2. The summed E-state index contributed by atoms with van der Waals surface area (Å²) in [6, 6.07) is 4.40. The number of thioether (sulfide) groups is 1. The van der Waals surface area contributed by atoms with Gasteiger partial charge in [0.2, 0.25) is 0 Å². The van der Waals surface area contributed by atoms with Gasteiger partial charge < -0.3 is 11.1 Å². The van der Waals surface area contributed by atoms with Crippen molar-refractivity contribution in [1.82, 2.24) is 5.32 Å². The normalized spacial score (nSPS) is 16.9. The zero-order valence-corrected chi connectivity index (χ0v) is 12.9. The van der Waals surface area contributed by atoms with Crippen molar-refractivity contribution in [3.8, 4) is 0 Å². The van der Waals surface area contributed by atoms with Gasteiger partial charge >= 0.3 is 0 Å². The average Bonchev–Trinajstić information content (AvgIpc) is 2.38. The SMILES string of the molecule is CS(=O)(=O)c1cc(N)cc(C(=O)NC2CCSCC2)c1. The fourth-order valence-electron chi connectivity index (χ4n) is 2.08. The quantitative estimate of drug-likeness (QED) is 0.821. The van der Waals surface area contributed by atoms with Gasteiger partial charge in [-0.05, 0) is 42.5 Å². The summed E-state index contributed by atoms with van der Waals surface area (Å²) < 4.78 is 23.1. The first-order valence-corrected chi connectivity index (χ1v) is 9.40. The van der Waals surface area contributed by atoms with Gasteiger partial charge in [0, 0.05) is 23.5 Å². The number of anilines is 1. The topological polar surface area (TPSA) is 89.3 Å². The second-order valence-corrected chi connectivity index (χ2v) is 8.16. The lowest BCUT2D eigenvalue weighted by Crippen LogP contribution is -2.37. The zero-order chi connectivity index (χ0) is 14.8. The minimum Gasteiger partial charge on any atom is -0.399 e. The molecule has 0 unspecified atom stereocenters. The molecule has 0 aromatic heterocycles. The van der Waals surface area contributed by atoms with Crippen LogP contribution in [0.3, 0.4) is 0 Å². The van der Waals surface area contributed by atoms with E-state index in [1.807, 2.05) is 11.8 Å². The van der Waals surface area contributed by atoms with Crippen molar-refractivity contribution in [2.75, 3.05) is 23.5 Å². The van der Waals surface area contributed by atoms with Gasteiger partial charge in [-0.15, -0.1) is 0 Å². The average molecular weight is 314 g/mol. The minimum absolute atomic E-state index is 0.0712. The first-order valence-electron chi connectivity index (χ1n) is 6.35. The van der Waals surface area contributed by atoms with Gasteiger partial charge in [0.05, 0.1) is 4.90 Å². The van der Waals surface area contributed by atoms with Gasteiger partial charge in [0.15, 0.2) is 9.84 Å². The number of hydrogen-bond donors (Lipinski definition) is 2. The van der Waals surface area contributed by atoms with E-state index in [1.54, 1.807) is 0 Å². The molecular weight excluding hydrogens is 296 g/mol. The summed E-state index contributed by atoms with van der Waals surface area (Å²) in [5, 5.41) is 2.94. The Kier molecular flexibility index (Phi) is 4.59. The molecule has 0 atom stereocenters. The van der Waals surface area contributed by atoms with E-state index in [0.717, 1.165) is 30.6 Å². The van der Waals surface area contributed by atoms with Gasteiger partial charge in [-0.1, -0.05) is 0 Å². The Hall–Kier alpha value is -1.21. The maximum absolute atomic E-state index is 12.2. The number of benzene rings is 1. The number of nitrogens with one attached hydrogen (secondary N) is 1. The third-order valence-electron chi connectivity index (χ3n) is 3.18. The largest absolute Gasteiger partial charge is 0.399 e. The van der Waals surface area contributed by atoms with Crippen LogP contribution in [0.25, 0.3) is 0 Å². The van der Waals surface area contributed by atoms with Gasteiger partial charge in [-0.3, -0.25) is 4.79 Å². The number of carbonyl (C=O) groups excluding carboxylic acids is 1. The maximum atomic E-state index is 12.2. The first kappa shape index (κ1) is 15.2. The van der Waals surface area contributed by atoms with E-state index < -0.39 is 9.84 Å². The molecule has 0 saturated carbocycles. The number of amides is 1. The second-order valence-electron chi connectivity index (χ2n) is 4.92. The third-order valence-corrected chi connectivity index (χ3v) is 5.32. The predicted molar refractivity (Wildman–Crippen MR) is 81.8 cm³/mol. The zero-order valence-electron chi connectivity index (χ0n) is 11.3. The highest BCUT2D eigenvalue weighted by molar-refractivity contribution is 7.99. The van der Waals surface area contributed by atoms with E-state index in [-0.39, 0.29) is 22.5 Å². The number of carbonyl (C=O) groups is 1. The van der Waals surface area contributed by atoms with Crippen LogP contribution in [0.1, 0.15) is 23.2 Å². The summed E-state index contributed by atoms with van der Waals surface area (Å²) in [5.74, 6) is 1.81. The summed E-state index contributed by atoms with van der Waals surface area (Å²) in [6.45, 7) is 0. The molecule has 5 nitrogen and oxygen atoms in total. The smallest absolute Gasteiger partial charge is 0.251 e. The molecule has 110 valence electrons. The molecule has 0 bridgehead atoms. The van der Waals surface area contributed by atoms with E-state index >= 15 is 0 Å².